The molecule has 2 N–H and O–H groups in total. The van der Waals surface area contributed by atoms with E-state index >= 15 is 0 Å². The molecular formula is C24H30N4O3. The summed E-state index contributed by atoms with van der Waals surface area (Å²) in [7, 11) is 0. The van der Waals surface area contributed by atoms with Gasteiger partial charge in [-0.15, -0.1) is 0 Å². The predicted octanol–water partition coefficient (Wildman–Crippen LogP) is 1.95. The van der Waals surface area contributed by atoms with E-state index in [4.69, 9.17) is 0 Å². The van der Waals surface area contributed by atoms with Crippen LogP contribution in [0, 0.1) is 11.8 Å². The van der Waals surface area contributed by atoms with Gasteiger partial charge in [-0.1, -0.05) is 13.0 Å². The number of rotatable bonds is 6. The summed E-state index contributed by atoms with van der Waals surface area (Å²) in [5, 5.41) is 13.5. The molecule has 0 radical (unpaired) electrons. The molecule has 3 aliphatic rings. The van der Waals surface area contributed by atoms with Crippen LogP contribution in [0.2, 0.25) is 0 Å². The van der Waals surface area contributed by atoms with E-state index in [1.54, 1.807) is 12.4 Å². The number of fused-ring (bicyclic) bond motifs is 3. The van der Waals surface area contributed by atoms with Crippen molar-refractivity contribution in [3.05, 3.63) is 52.7 Å². The number of hydrogen-bond acceptors (Lipinski definition) is 5. The summed E-state index contributed by atoms with van der Waals surface area (Å²) in [6, 6.07) is 7.54. The highest BCUT2D eigenvalue weighted by Gasteiger charge is 2.55. The zero-order valence-electron chi connectivity index (χ0n) is 17.9. The summed E-state index contributed by atoms with van der Waals surface area (Å²) < 4.78 is 1.85. The van der Waals surface area contributed by atoms with Crippen LogP contribution in [0.25, 0.3) is 11.1 Å². The maximum atomic E-state index is 13.3. The number of aromatic nitrogens is 2. The number of nitrogens with zero attached hydrogens (tertiary/aromatic N) is 3. The Morgan fingerprint density at radius 1 is 1.29 bits per heavy atom. The van der Waals surface area contributed by atoms with Gasteiger partial charge in [0.2, 0.25) is 5.91 Å². The Morgan fingerprint density at radius 3 is 2.77 bits per heavy atom. The quantitative estimate of drug-likeness (QED) is 0.743. The Balaban J connectivity index is 1.51. The third kappa shape index (κ3) is 3.31. The van der Waals surface area contributed by atoms with Gasteiger partial charge in [-0.25, -0.2) is 0 Å². The average molecular weight is 423 g/mol. The molecule has 5 rings (SSSR count). The van der Waals surface area contributed by atoms with Gasteiger partial charge in [0, 0.05) is 60.2 Å². The van der Waals surface area contributed by atoms with Crippen LogP contribution in [0.4, 0.5) is 0 Å². The van der Waals surface area contributed by atoms with Crippen molar-refractivity contribution in [2.75, 3.05) is 13.2 Å². The molecule has 0 aromatic carbocycles. The fraction of sp³-hybridized carbons (Fsp3) is 0.542. The Hall–Kier alpha value is -2.51. The van der Waals surface area contributed by atoms with Crippen LogP contribution in [-0.4, -0.2) is 50.7 Å². The first-order valence-electron chi connectivity index (χ1n) is 11.4. The van der Waals surface area contributed by atoms with Crippen LogP contribution in [-0.2, 0) is 11.3 Å². The van der Waals surface area contributed by atoms with Crippen LogP contribution >= 0.6 is 0 Å². The van der Waals surface area contributed by atoms with E-state index in [-0.39, 0.29) is 48.0 Å². The van der Waals surface area contributed by atoms with Crippen LogP contribution in [0.5, 0.6) is 0 Å². The molecule has 1 amide bonds. The van der Waals surface area contributed by atoms with Crippen LogP contribution < -0.4 is 10.9 Å². The summed E-state index contributed by atoms with van der Waals surface area (Å²) in [6.07, 6.45) is 7.56. The normalized spacial score (nSPS) is 27.5. The number of carbonyl (C=O) groups excluding carboxylic acids is 1. The SMILES string of the molecule is CCCN1[C@@H]2c3ccc(-c4cccnc4)c(=O)n3C[C@@H]2[C@@H](CO)[C@@H]1C(=O)NC1CCC1. The lowest BCUT2D eigenvalue weighted by atomic mass is 9.87. The van der Waals surface area contributed by atoms with Crippen molar-refractivity contribution in [1.82, 2.24) is 19.8 Å². The van der Waals surface area contributed by atoms with Crippen molar-refractivity contribution in [3.8, 4) is 11.1 Å². The number of hydrogen-bond donors (Lipinski definition) is 2. The van der Waals surface area contributed by atoms with Crippen molar-refractivity contribution in [2.45, 2.75) is 57.3 Å². The van der Waals surface area contributed by atoms with E-state index in [9.17, 15) is 14.7 Å². The van der Waals surface area contributed by atoms with Crippen molar-refractivity contribution in [3.63, 3.8) is 0 Å². The van der Waals surface area contributed by atoms with E-state index in [1.807, 2.05) is 28.8 Å². The first kappa shape index (κ1) is 20.4. The Kier molecular flexibility index (Phi) is 5.40. The lowest BCUT2D eigenvalue weighted by molar-refractivity contribution is -0.129. The molecule has 1 saturated carbocycles. The second-order valence-corrected chi connectivity index (χ2v) is 9.10. The highest BCUT2D eigenvalue weighted by atomic mass is 16.3. The Morgan fingerprint density at radius 2 is 2.13 bits per heavy atom. The van der Waals surface area contributed by atoms with Crippen LogP contribution in [0.3, 0.4) is 0 Å². The molecule has 2 aromatic rings. The topological polar surface area (TPSA) is 87.5 Å². The highest BCUT2D eigenvalue weighted by Crippen LogP contribution is 2.49. The zero-order valence-corrected chi connectivity index (χ0v) is 17.9. The summed E-state index contributed by atoms with van der Waals surface area (Å²) >= 11 is 0. The standard InChI is InChI=1S/C24H30N4O3/c1-2-11-27-21-18(19(14-29)22(27)23(30)26-16-6-3-7-16)13-28-20(21)9-8-17(24(28)31)15-5-4-10-25-12-15/h4-5,8-10,12,16,18-19,21-22,29H,2-3,6-7,11,13-14H2,1H3,(H,26,30)/t18-,19-,21+,22-/m1/s1. The molecule has 4 heterocycles. The molecule has 1 saturated heterocycles. The van der Waals surface area contributed by atoms with Crippen molar-refractivity contribution >= 4 is 5.91 Å². The van der Waals surface area contributed by atoms with Crippen LogP contribution in [0.1, 0.15) is 44.3 Å². The Bertz CT molecular complexity index is 1020. The van der Waals surface area contributed by atoms with Crippen molar-refractivity contribution < 1.29 is 9.90 Å². The van der Waals surface area contributed by atoms with Gasteiger partial charge in [-0.05, 0) is 50.4 Å². The first-order chi connectivity index (χ1) is 15.1. The second-order valence-electron chi connectivity index (χ2n) is 9.10. The predicted molar refractivity (Wildman–Crippen MR) is 117 cm³/mol. The number of likely N-dealkylation sites (tertiary alicyclic amines) is 1. The highest BCUT2D eigenvalue weighted by molar-refractivity contribution is 5.83. The monoisotopic (exact) mass is 422 g/mol. The molecule has 31 heavy (non-hydrogen) atoms. The van der Waals surface area contributed by atoms with E-state index < -0.39 is 0 Å². The lowest BCUT2D eigenvalue weighted by Gasteiger charge is -2.34. The van der Waals surface area contributed by atoms with E-state index in [0.717, 1.165) is 37.1 Å². The van der Waals surface area contributed by atoms with Crippen LogP contribution in [0.15, 0.2) is 41.5 Å². The van der Waals surface area contributed by atoms with Gasteiger partial charge in [0.15, 0.2) is 0 Å². The van der Waals surface area contributed by atoms with Gasteiger partial charge in [-0.3, -0.25) is 19.5 Å². The maximum Gasteiger partial charge on any atom is 0.258 e. The fourth-order valence-electron chi connectivity index (χ4n) is 5.71. The maximum absolute atomic E-state index is 13.3. The summed E-state index contributed by atoms with van der Waals surface area (Å²) in [4.78, 5) is 32.9. The average Bonchev–Trinajstić information content (AvgIpc) is 3.27. The molecule has 2 aromatic heterocycles. The number of amides is 1. The minimum atomic E-state index is -0.345. The number of carbonyl (C=O) groups is 1. The third-order valence-electron chi connectivity index (χ3n) is 7.37. The summed E-state index contributed by atoms with van der Waals surface area (Å²) in [5.41, 5.74) is 2.37. The minimum Gasteiger partial charge on any atom is -0.396 e. The van der Waals surface area contributed by atoms with Gasteiger partial charge >= 0.3 is 0 Å². The molecular weight excluding hydrogens is 392 g/mol. The summed E-state index contributed by atoms with van der Waals surface area (Å²) in [5.74, 6) is -0.101. The molecule has 164 valence electrons. The first-order valence-corrected chi connectivity index (χ1v) is 11.4. The molecule has 4 atom stereocenters. The van der Waals surface area contributed by atoms with Crippen molar-refractivity contribution in [1.29, 1.82) is 0 Å². The molecule has 2 fully saturated rings. The number of pyridine rings is 2. The van der Waals surface area contributed by atoms with E-state index in [1.165, 1.54) is 6.42 Å². The molecule has 7 nitrogen and oxygen atoms in total. The zero-order chi connectivity index (χ0) is 21.5. The van der Waals surface area contributed by atoms with Gasteiger partial charge in [0.1, 0.15) is 0 Å². The van der Waals surface area contributed by atoms with Crippen molar-refractivity contribution in [2.24, 2.45) is 11.8 Å². The van der Waals surface area contributed by atoms with Gasteiger partial charge in [-0.2, -0.15) is 0 Å². The Labute approximate surface area is 182 Å². The van der Waals surface area contributed by atoms with Gasteiger partial charge < -0.3 is 15.0 Å². The third-order valence-corrected chi connectivity index (χ3v) is 7.37. The molecule has 0 unspecified atom stereocenters. The largest absolute Gasteiger partial charge is 0.396 e. The second kappa shape index (κ2) is 8.20. The molecule has 2 aliphatic heterocycles. The lowest BCUT2D eigenvalue weighted by Crippen LogP contribution is -2.52. The van der Waals surface area contributed by atoms with Gasteiger partial charge in [0.25, 0.3) is 5.56 Å². The summed E-state index contributed by atoms with van der Waals surface area (Å²) in [6.45, 7) is 3.35. The molecule has 1 aliphatic carbocycles. The van der Waals surface area contributed by atoms with E-state index in [2.05, 4.69) is 22.1 Å². The number of aliphatic hydroxyl groups is 1. The van der Waals surface area contributed by atoms with Gasteiger partial charge in [0.05, 0.1) is 12.1 Å². The number of aliphatic hydroxyl groups excluding tert-OH is 1. The molecule has 0 spiro atoms. The molecule has 0 bridgehead atoms. The number of nitrogens with one attached hydrogen (secondary N) is 1. The smallest absolute Gasteiger partial charge is 0.258 e. The molecule has 7 heteroatoms. The fourth-order valence-corrected chi connectivity index (χ4v) is 5.71. The van der Waals surface area contributed by atoms with E-state index in [0.29, 0.717) is 12.1 Å². The minimum absolute atomic E-state index is 0.0233.